The molecule has 2 atom stereocenters. The molecule has 1 heterocycles. The summed E-state index contributed by atoms with van der Waals surface area (Å²) in [6, 6.07) is 9.71. The van der Waals surface area contributed by atoms with E-state index in [1.807, 2.05) is 0 Å². The number of halogens is 2. The Morgan fingerprint density at radius 3 is 2.77 bits per heavy atom. The molecule has 162 valence electrons. The number of phenols is 1. The van der Waals surface area contributed by atoms with E-state index in [1.165, 1.54) is 19.1 Å². The van der Waals surface area contributed by atoms with Gasteiger partial charge in [-0.25, -0.2) is 0 Å². The van der Waals surface area contributed by atoms with Gasteiger partial charge in [0.25, 0.3) is 0 Å². The van der Waals surface area contributed by atoms with Gasteiger partial charge in [0.15, 0.2) is 0 Å². The maximum absolute atomic E-state index is 11.3. The number of rotatable bonds is 8. The molecule has 2 aromatic rings. The Bertz CT molecular complexity index is 880. The molecule has 1 saturated heterocycles. The first-order chi connectivity index (χ1) is 14.3. The zero-order valence-corrected chi connectivity index (χ0v) is 17.7. The zero-order valence-electron chi connectivity index (χ0n) is 16.2. The molecule has 0 spiro atoms. The Labute approximate surface area is 183 Å². The summed E-state index contributed by atoms with van der Waals surface area (Å²) in [5.74, 6) is 0.365. The van der Waals surface area contributed by atoms with Gasteiger partial charge >= 0.3 is 0 Å². The number of β-amino-alcohol motifs (C(OH)–C–C–N with tert-alkyl or cyclic N) is 1. The molecule has 0 saturated carbocycles. The van der Waals surface area contributed by atoms with Crippen molar-refractivity contribution in [2.75, 3.05) is 31.6 Å². The van der Waals surface area contributed by atoms with E-state index in [2.05, 4.69) is 5.32 Å². The number of nitrogens with one attached hydrogen (secondary N) is 1. The number of aliphatic hydroxyl groups excluding tert-OH is 1. The first-order valence-corrected chi connectivity index (χ1v) is 9.97. The lowest BCUT2D eigenvalue weighted by molar-refractivity contribution is -0.131. The van der Waals surface area contributed by atoms with Crippen LogP contribution in [-0.4, -0.2) is 59.7 Å². The summed E-state index contributed by atoms with van der Waals surface area (Å²) >= 11 is 11.7. The van der Waals surface area contributed by atoms with Gasteiger partial charge in [0.1, 0.15) is 42.7 Å². The van der Waals surface area contributed by atoms with Crippen molar-refractivity contribution in [3.05, 3.63) is 46.4 Å². The molecule has 1 amide bonds. The van der Waals surface area contributed by atoms with E-state index >= 15 is 0 Å². The number of aromatic hydroxyl groups is 1. The number of amides is 1. The van der Waals surface area contributed by atoms with Gasteiger partial charge in [-0.15, -0.1) is 0 Å². The van der Waals surface area contributed by atoms with Crippen LogP contribution in [0.15, 0.2) is 36.4 Å². The molecular formula is C20H22Cl2N2O6. The fraction of sp³-hybridized carbons (Fsp3) is 0.350. The highest BCUT2D eigenvalue weighted by Gasteiger charge is 2.27. The standard InChI is InChI=1S/C20H22Cl2N2O6/c1-12(25)23-18-6-17(22)19(27)7-20(18)28-10-14(26)8-24-9-16(11-29-24)30-15-4-2-13(21)3-5-15/h2-7,14,16,26-27H,8-11H2,1H3,(H,23,25)/t14-,16+/m0/s1. The van der Waals surface area contributed by atoms with Crippen molar-refractivity contribution in [3.63, 3.8) is 0 Å². The number of nitrogens with zero attached hydrogens (tertiary/aromatic N) is 1. The second-order valence-corrected chi connectivity index (χ2v) is 7.63. The van der Waals surface area contributed by atoms with Crippen molar-refractivity contribution in [3.8, 4) is 17.2 Å². The predicted molar refractivity (Wildman–Crippen MR) is 112 cm³/mol. The highest BCUT2D eigenvalue weighted by Crippen LogP contribution is 2.35. The van der Waals surface area contributed by atoms with Crippen LogP contribution in [0, 0.1) is 0 Å². The van der Waals surface area contributed by atoms with E-state index in [4.69, 9.17) is 37.5 Å². The van der Waals surface area contributed by atoms with Gasteiger partial charge in [-0.05, 0) is 30.3 Å². The molecule has 3 N–H and O–H groups in total. The van der Waals surface area contributed by atoms with Crippen LogP contribution < -0.4 is 14.8 Å². The molecule has 0 bridgehead atoms. The molecule has 8 nitrogen and oxygen atoms in total. The van der Waals surface area contributed by atoms with E-state index in [9.17, 15) is 15.0 Å². The Morgan fingerprint density at radius 1 is 1.33 bits per heavy atom. The monoisotopic (exact) mass is 456 g/mol. The zero-order chi connectivity index (χ0) is 21.7. The van der Waals surface area contributed by atoms with Crippen LogP contribution in [0.25, 0.3) is 0 Å². The number of phenolic OH excluding ortho intramolecular Hbond substituents is 1. The molecule has 2 aromatic carbocycles. The molecule has 3 rings (SSSR count). The quantitative estimate of drug-likeness (QED) is 0.524. The van der Waals surface area contributed by atoms with Crippen molar-refractivity contribution < 1.29 is 29.3 Å². The second-order valence-electron chi connectivity index (χ2n) is 6.78. The van der Waals surface area contributed by atoms with Gasteiger partial charge in [-0.3, -0.25) is 9.63 Å². The summed E-state index contributed by atoms with van der Waals surface area (Å²) in [5, 5.41) is 25.0. The number of carbonyl (C=O) groups excluding carboxylic acids is 1. The molecular weight excluding hydrogens is 435 g/mol. The van der Waals surface area contributed by atoms with Crippen LogP contribution in [0.5, 0.6) is 17.2 Å². The average Bonchev–Trinajstić information content (AvgIpc) is 3.11. The summed E-state index contributed by atoms with van der Waals surface area (Å²) < 4.78 is 11.4. The van der Waals surface area contributed by atoms with Gasteiger partial charge in [0.05, 0.1) is 23.8 Å². The molecule has 0 aromatic heterocycles. The topological polar surface area (TPSA) is 100 Å². The Kier molecular flexibility index (Phi) is 7.63. The van der Waals surface area contributed by atoms with Gasteiger partial charge in [-0.2, -0.15) is 5.06 Å². The fourth-order valence-corrected chi connectivity index (χ4v) is 3.14. The van der Waals surface area contributed by atoms with Crippen LogP contribution in [0.2, 0.25) is 10.0 Å². The fourth-order valence-electron chi connectivity index (χ4n) is 2.85. The lowest BCUT2D eigenvalue weighted by Gasteiger charge is -2.20. The molecule has 30 heavy (non-hydrogen) atoms. The minimum absolute atomic E-state index is 0.0730. The molecule has 1 aliphatic heterocycles. The van der Waals surface area contributed by atoms with Crippen molar-refractivity contribution in [1.29, 1.82) is 0 Å². The van der Waals surface area contributed by atoms with Crippen molar-refractivity contribution in [1.82, 2.24) is 5.06 Å². The summed E-state index contributed by atoms with van der Waals surface area (Å²) in [4.78, 5) is 16.9. The maximum atomic E-state index is 11.3. The first-order valence-electron chi connectivity index (χ1n) is 9.21. The Morgan fingerprint density at radius 2 is 2.07 bits per heavy atom. The lowest BCUT2D eigenvalue weighted by atomic mass is 10.2. The Balaban J connectivity index is 1.49. The minimum atomic E-state index is -0.887. The number of hydrogen-bond donors (Lipinski definition) is 3. The van der Waals surface area contributed by atoms with Gasteiger partial charge in [0.2, 0.25) is 5.91 Å². The van der Waals surface area contributed by atoms with Gasteiger partial charge < -0.3 is 25.0 Å². The van der Waals surface area contributed by atoms with Crippen LogP contribution >= 0.6 is 23.2 Å². The van der Waals surface area contributed by atoms with Gasteiger partial charge in [-0.1, -0.05) is 23.2 Å². The number of aliphatic hydroxyl groups is 1. The normalized spacial score (nSPS) is 17.5. The van der Waals surface area contributed by atoms with E-state index in [0.717, 1.165) is 0 Å². The number of hydroxylamine groups is 2. The molecule has 0 unspecified atom stereocenters. The van der Waals surface area contributed by atoms with E-state index < -0.39 is 6.10 Å². The third kappa shape index (κ3) is 6.38. The van der Waals surface area contributed by atoms with E-state index in [1.54, 1.807) is 29.3 Å². The summed E-state index contributed by atoms with van der Waals surface area (Å²) in [6.45, 7) is 2.27. The smallest absolute Gasteiger partial charge is 0.221 e. The summed E-state index contributed by atoms with van der Waals surface area (Å²) in [7, 11) is 0. The van der Waals surface area contributed by atoms with Crippen molar-refractivity contribution >= 4 is 34.8 Å². The Hall–Kier alpha value is -2.23. The number of anilines is 1. The number of benzene rings is 2. The third-order valence-electron chi connectivity index (χ3n) is 4.17. The van der Waals surface area contributed by atoms with E-state index in [-0.39, 0.29) is 41.7 Å². The third-order valence-corrected chi connectivity index (χ3v) is 4.73. The second kappa shape index (κ2) is 10.2. The average molecular weight is 457 g/mol. The number of ether oxygens (including phenoxy) is 2. The first kappa shape index (κ1) is 22.5. The van der Waals surface area contributed by atoms with Gasteiger partial charge in [0, 0.05) is 18.0 Å². The summed E-state index contributed by atoms with van der Waals surface area (Å²) in [5.41, 5.74) is 0.298. The maximum Gasteiger partial charge on any atom is 0.221 e. The van der Waals surface area contributed by atoms with Crippen LogP contribution in [-0.2, 0) is 9.63 Å². The molecule has 10 heteroatoms. The van der Waals surface area contributed by atoms with Crippen LogP contribution in [0.1, 0.15) is 6.92 Å². The van der Waals surface area contributed by atoms with Crippen LogP contribution in [0.4, 0.5) is 5.69 Å². The minimum Gasteiger partial charge on any atom is -0.506 e. The largest absolute Gasteiger partial charge is 0.506 e. The number of carbonyl (C=O) groups is 1. The van der Waals surface area contributed by atoms with Crippen LogP contribution in [0.3, 0.4) is 0 Å². The highest BCUT2D eigenvalue weighted by molar-refractivity contribution is 6.32. The van der Waals surface area contributed by atoms with Crippen molar-refractivity contribution in [2.45, 2.75) is 19.1 Å². The molecule has 1 aliphatic rings. The number of hydrogen-bond acceptors (Lipinski definition) is 7. The highest BCUT2D eigenvalue weighted by atomic mass is 35.5. The van der Waals surface area contributed by atoms with E-state index in [0.29, 0.717) is 29.6 Å². The predicted octanol–water partition coefficient (Wildman–Crippen LogP) is 3.09. The molecule has 0 aliphatic carbocycles. The molecule has 0 radical (unpaired) electrons. The SMILES string of the molecule is CC(=O)Nc1cc(Cl)c(O)cc1OC[C@@H](O)CN1C[C@@H](Oc2ccc(Cl)cc2)CO1. The van der Waals surface area contributed by atoms with Crippen molar-refractivity contribution in [2.24, 2.45) is 0 Å². The molecule has 1 fully saturated rings. The summed E-state index contributed by atoms with van der Waals surface area (Å²) in [6.07, 6.45) is -1.07. The lowest BCUT2D eigenvalue weighted by Crippen LogP contribution is -2.34.